The Morgan fingerprint density at radius 3 is 2.00 bits per heavy atom. The summed E-state index contributed by atoms with van der Waals surface area (Å²) in [7, 11) is 7.54. The lowest BCUT2D eigenvalue weighted by molar-refractivity contribution is -0.149. The van der Waals surface area contributed by atoms with Crippen LogP contribution >= 0.6 is 0 Å². The van der Waals surface area contributed by atoms with E-state index in [1.165, 1.54) is 26.2 Å². The van der Waals surface area contributed by atoms with Crippen LogP contribution in [-0.4, -0.2) is 65.0 Å². The maximum Gasteiger partial charge on any atom is 0.329 e. The molecule has 2 aromatic rings. The molecule has 1 unspecified atom stereocenters. The molecule has 0 spiro atoms. The Bertz CT molecular complexity index is 1010. The average molecular weight is 459 g/mol. The summed E-state index contributed by atoms with van der Waals surface area (Å²) >= 11 is 0. The maximum atomic E-state index is 13.7. The summed E-state index contributed by atoms with van der Waals surface area (Å²) in [5.74, 6) is 1.31. The summed E-state index contributed by atoms with van der Waals surface area (Å²) in [5, 5.41) is 0. The molecule has 0 aliphatic carbocycles. The summed E-state index contributed by atoms with van der Waals surface area (Å²) in [4.78, 5) is 28.0. The van der Waals surface area contributed by atoms with E-state index < -0.39 is 12.0 Å². The molecule has 1 atom stereocenters. The summed E-state index contributed by atoms with van der Waals surface area (Å²) in [6.07, 6.45) is 0.227. The number of benzene rings is 2. The zero-order chi connectivity index (χ0) is 24.1. The molecule has 9 heteroatoms. The highest BCUT2D eigenvalue weighted by Crippen LogP contribution is 2.41. The summed E-state index contributed by atoms with van der Waals surface area (Å²) in [5.41, 5.74) is 1.96. The van der Waals surface area contributed by atoms with E-state index in [9.17, 15) is 9.59 Å². The molecule has 0 radical (unpaired) electrons. The van der Waals surface area contributed by atoms with Gasteiger partial charge in [0, 0.05) is 24.1 Å². The molecule has 1 aliphatic heterocycles. The van der Waals surface area contributed by atoms with Crippen molar-refractivity contribution < 1.29 is 38.0 Å². The minimum absolute atomic E-state index is 0.189. The molecular weight excluding hydrogens is 430 g/mol. The van der Waals surface area contributed by atoms with Crippen molar-refractivity contribution in [3.8, 4) is 28.7 Å². The van der Waals surface area contributed by atoms with Gasteiger partial charge >= 0.3 is 5.97 Å². The van der Waals surface area contributed by atoms with Crippen LogP contribution in [0.1, 0.15) is 28.4 Å². The molecule has 1 heterocycles. The summed E-state index contributed by atoms with van der Waals surface area (Å²) in [6.45, 7) is 2.11. The van der Waals surface area contributed by atoms with Gasteiger partial charge in [0.2, 0.25) is 5.75 Å². The van der Waals surface area contributed by atoms with E-state index in [-0.39, 0.29) is 25.5 Å². The second kappa shape index (κ2) is 10.3. The summed E-state index contributed by atoms with van der Waals surface area (Å²) < 4.78 is 32.4. The highest BCUT2D eigenvalue weighted by Gasteiger charge is 2.38. The number of esters is 1. The van der Waals surface area contributed by atoms with Crippen molar-refractivity contribution in [1.82, 2.24) is 4.90 Å². The van der Waals surface area contributed by atoms with Crippen LogP contribution in [0.4, 0.5) is 0 Å². The van der Waals surface area contributed by atoms with Crippen molar-refractivity contribution in [2.75, 3.05) is 42.2 Å². The minimum atomic E-state index is -0.843. The predicted molar refractivity (Wildman–Crippen MR) is 120 cm³/mol. The second-order valence-electron chi connectivity index (χ2n) is 7.26. The Kier molecular flexibility index (Phi) is 7.52. The van der Waals surface area contributed by atoms with Gasteiger partial charge in [0.15, 0.2) is 23.0 Å². The lowest BCUT2D eigenvalue weighted by Crippen LogP contribution is -2.49. The van der Waals surface area contributed by atoms with Gasteiger partial charge in [-0.3, -0.25) is 4.79 Å². The SMILES string of the molecule is CCOC(=O)C1Cc2c(ccc(OC)c2OC)CN1C(=O)c1cc(OC)c(OC)c(OC)c1. The average Bonchev–Trinajstić information content (AvgIpc) is 2.85. The first-order valence-corrected chi connectivity index (χ1v) is 10.4. The molecule has 0 fully saturated rings. The van der Waals surface area contributed by atoms with Gasteiger partial charge < -0.3 is 33.3 Å². The molecule has 2 aromatic carbocycles. The van der Waals surface area contributed by atoms with E-state index >= 15 is 0 Å². The van der Waals surface area contributed by atoms with Crippen LogP contribution in [0.5, 0.6) is 28.7 Å². The second-order valence-corrected chi connectivity index (χ2v) is 7.26. The maximum absolute atomic E-state index is 13.7. The standard InChI is InChI=1S/C24H29NO8/c1-7-33-24(27)17-12-16-14(8-9-18(28-2)21(16)31-5)13-25(17)23(26)15-10-19(29-3)22(32-6)20(11-15)30-4/h8-11,17H,7,12-13H2,1-6H3. The van der Waals surface area contributed by atoms with Gasteiger partial charge in [0.05, 0.1) is 42.2 Å². The van der Waals surface area contributed by atoms with Crippen LogP contribution in [0, 0.1) is 0 Å². The van der Waals surface area contributed by atoms with Gasteiger partial charge in [-0.15, -0.1) is 0 Å². The molecule has 9 nitrogen and oxygen atoms in total. The van der Waals surface area contributed by atoms with Gasteiger partial charge in [-0.2, -0.15) is 0 Å². The highest BCUT2D eigenvalue weighted by atomic mass is 16.5. The molecule has 0 bridgehead atoms. The van der Waals surface area contributed by atoms with E-state index in [4.69, 9.17) is 28.4 Å². The van der Waals surface area contributed by atoms with Crippen molar-refractivity contribution in [1.29, 1.82) is 0 Å². The van der Waals surface area contributed by atoms with E-state index in [2.05, 4.69) is 0 Å². The van der Waals surface area contributed by atoms with E-state index in [1.807, 2.05) is 6.07 Å². The molecule has 33 heavy (non-hydrogen) atoms. The van der Waals surface area contributed by atoms with Crippen LogP contribution in [0.3, 0.4) is 0 Å². The van der Waals surface area contributed by atoms with Crippen molar-refractivity contribution in [3.63, 3.8) is 0 Å². The van der Waals surface area contributed by atoms with Crippen LogP contribution in [0.25, 0.3) is 0 Å². The first kappa shape index (κ1) is 24.0. The van der Waals surface area contributed by atoms with Gasteiger partial charge in [0.25, 0.3) is 5.91 Å². The van der Waals surface area contributed by atoms with Crippen LogP contribution in [-0.2, 0) is 22.5 Å². The van der Waals surface area contributed by atoms with Gasteiger partial charge in [-0.25, -0.2) is 4.79 Å². The first-order chi connectivity index (χ1) is 15.9. The third-order valence-electron chi connectivity index (χ3n) is 5.59. The number of nitrogens with zero attached hydrogens (tertiary/aromatic N) is 1. The largest absolute Gasteiger partial charge is 0.493 e. The molecule has 3 rings (SSSR count). The molecule has 0 aromatic heterocycles. The molecule has 178 valence electrons. The Morgan fingerprint density at radius 2 is 1.48 bits per heavy atom. The Hall–Kier alpha value is -3.62. The monoisotopic (exact) mass is 459 g/mol. The smallest absolute Gasteiger partial charge is 0.329 e. The van der Waals surface area contributed by atoms with Gasteiger partial charge in [-0.05, 0) is 30.7 Å². The fourth-order valence-corrected chi connectivity index (χ4v) is 4.03. The number of rotatable bonds is 8. The molecule has 1 aliphatic rings. The van der Waals surface area contributed by atoms with Crippen molar-refractivity contribution in [2.24, 2.45) is 0 Å². The van der Waals surface area contributed by atoms with Crippen LogP contribution < -0.4 is 23.7 Å². The molecule has 1 amide bonds. The van der Waals surface area contributed by atoms with Gasteiger partial charge in [0.1, 0.15) is 6.04 Å². The number of carbonyl (C=O) groups is 2. The summed E-state index contributed by atoms with van der Waals surface area (Å²) in [6, 6.07) is 5.94. The number of fused-ring (bicyclic) bond motifs is 1. The number of methoxy groups -OCH3 is 5. The van der Waals surface area contributed by atoms with Crippen LogP contribution in [0.2, 0.25) is 0 Å². The van der Waals surface area contributed by atoms with Crippen molar-refractivity contribution in [2.45, 2.75) is 25.9 Å². The number of amides is 1. The Labute approximate surface area is 193 Å². The number of ether oxygens (including phenoxy) is 6. The molecular formula is C24H29NO8. The fraction of sp³-hybridized carbons (Fsp3) is 0.417. The zero-order valence-electron chi connectivity index (χ0n) is 19.7. The number of hydrogen-bond acceptors (Lipinski definition) is 8. The third-order valence-corrected chi connectivity index (χ3v) is 5.59. The predicted octanol–water partition coefficient (Wildman–Crippen LogP) is 2.86. The van der Waals surface area contributed by atoms with E-state index in [0.29, 0.717) is 34.3 Å². The van der Waals surface area contributed by atoms with E-state index in [1.54, 1.807) is 39.3 Å². The zero-order valence-corrected chi connectivity index (χ0v) is 19.7. The molecule has 0 saturated heterocycles. The van der Waals surface area contributed by atoms with Gasteiger partial charge in [-0.1, -0.05) is 6.07 Å². The molecule has 0 saturated carbocycles. The number of carbonyl (C=O) groups excluding carboxylic acids is 2. The van der Waals surface area contributed by atoms with Crippen molar-refractivity contribution in [3.05, 3.63) is 41.0 Å². The minimum Gasteiger partial charge on any atom is -0.493 e. The Balaban J connectivity index is 2.08. The number of hydrogen-bond donors (Lipinski definition) is 0. The third kappa shape index (κ3) is 4.48. The Morgan fingerprint density at radius 1 is 0.879 bits per heavy atom. The fourth-order valence-electron chi connectivity index (χ4n) is 4.03. The van der Waals surface area contributed by atoms with Crippen LogP contribution in [0.15, 0.2) is 24.3 Å². The van der Waals surface area contributed by atoms with E-state index in [0.717, 1.165) is 11.1 Å². The molecule has 0 N–H and O–H groups in total. The lowest BCUT2D eigenvalue weighted by Gasteiger charge is -2.36. The first-order valence-electron chi connectivity index (χ1n) is 10.4. The highest BCUT2D eigenvalue weighted by molar-refractivity contribution is 5.98. The van der Waals surface area contributed by atoms with Crippen molar-refractivity contribution >= 4 is 11.9 Å². The topological polar surface area (TPSA) is 92.8 Å². The normalized spacial score (nSPS) is 14.7. The lowest BCUT2D eigenvalue weighted by atomic mass is 9.91. The quantitative estimate of drug-likeness (QED) is 0.557.